The maximum absolute atomic E-state index is 13.0. The van der Waals surface area contributed by atoms with Gasteiger partial charge in [0.1, 0.15) is 19.3 Å². The van der Waals surface area contributed by atoms with Crippen LogP contribution < -0.4 is 0 Å². The summed E-state index contributed by atoms with van der Waals surface area (Å²) in [6, 6.07) is 0. The van der Waals surface area contributed by atoms with Crippen molar-refractivity contribution in [3.8, 4) is 0 Å². The SMILES string of the molecule is CCCCCCCCCCCCCCCCCCCC(=O)O[C@H](COC(=O)CCCCCCCCCCCCC)COP(=O)(O)OC[C@@H](O)COP(=O)(O)OC[C@@H](COC(=O)CCCCCCCCCCC)OC(=O)CCCCCCCCC(C)C. The summed E-state index contributed by atoms with van der Waals surface area (Å²) < 4.78 is 68.1. The molecule has 3 N–H and O–H groups in total. The van der Waals surface area contributed by atoms with E-state index in [0.717, 1.165) is 89.9 Å². The minimum atomic E-state index is -4.95. The van der Waals surface area contributed by atoms with E-state index >= 15 is 0 Å². The molecule has 0 aliphatic carbocycles. The van der Waals surface area contributed by atoms with Crippen molar-refractivity contribution in [2.24, 2.45) is 5.92 Å². The van der Waals surface area contributed by atoms with Crippen molar-refractivity contribution in [1.29, 1.82) is 0 Å². The van der Waals surface area contributed by atoms with Gasteiger partial charge in [0.05, 0.1) is 26.4 Å². The van der Waals surface area contributed by atoms with E-state index < -0.39 is 97.5 Å². The Balaban J connectivity index is 5.20. The third-order valence-corrected chi connectivity index (χ3v) is 17.4. The molecule has 0 spiro atoms. The zero-order valence-corrected chi connectivity index (χ0v) is 57.2. The predicted molar refractivity (Wildman–Crippen MR) is 345 cm³/mol. The minimum Gasteiger partial charge on any atom is -0.462 e. The monoisotopic (exact) mass is 1270 g/mol. The lowest BCUT2D eigenvalue weighted by Crippen LogP contribution is -2.30. The fraction of sp³-hybridized carbons (Fsp3) is 0.940. The molecule has 0 fully saturated rings. The number of phosphoric ester groups is 2. The van der Waals surface area contributed by atoms with Gasteiger partial charge in [-0.2, -0.15) is 0 Å². The molecule has 17 nitrogen and oxygen atoms in total. The molecule has 510 valence electrons. The molecule has 0 rings (SSSR count). The first-order chi connectivity index (χ1) is 41.5. The van der Waals surface area contributed by atoms with Crippen molar-refractivity contribution in [2.45, 2.75) is 361 Å². The molecule has 0 aliphatic heterocycles. The van der Waals surface area contributed by atoms with Crippen LogP contribution >= 0.6 is 15.6 Å². The van der Waals surface area contributed by atoms with Crippen molar-refractivity contribution >= 4 is 39.5 Å². The van der Waals surface area contributed by atoms with Gasteiger partial charge in [0, 0.05) is 25.7 Å². The van der Waals surface area contributed by atoms with Crippen LogP contribution in [0.5, 0.6) is 0 Å². The molecule has 0 aromatic rings. The van der Waals surface area contributed by atoms with E-state index in [9.17, 15) is 43.2 Å². The molecule has 0 radical (unpaired) electrons. The second-order valence-electron chi connectivity index (χ2n) is 24.7. The summed E-state index contributed by atoms with van der Waals surface area (Å²) in [5.74, 6) is -1.46. The van der Waals surface area contributed by atoms with Gasteiger partial charge in [-0.25, -0.2) is 9.13 Å². The molecule has 0 saturated carbocycles. The molecular formula is C67H130O17P2. The van der Waals surface area contributed by atoms with Gasteiger partial charge < -0.3 is 33.8 Å². The second-order valence-corrected chi connectivity index (χ2v) is 27.6. The lowest BCUT2D eigenvalue weighted by Gasteiger charge is -2.21. The Labute approximate surface area is 524 Å². The van der Waals surface area contributed by atoms with Crippen LogP contribution in [0.3, 0.4) is 0 Å². The van der Waals surface area contributed by atoms with Crippen molar-refractivity contribution < 1.29 is 80.2 Å². The number of hydrogen-bond donors (Lipinski definition) is 3. The van der Waals surface area contributed by atoms with Crippen LogP contribution in [0.1, 0.15) is 343 Å². The van der Waals surface area contributed by atoms with Crippen LogP contribution in [0.4, 0.5) is 0 Å². The molecule has 0 heterocycles. The van der Waals surface area contributed by atoms with Gasteiger partial charge in [-0.1, -0.05) is 291 Å². The first-order valence-corrected chi connectivity index (χ1v) is 38.1. The first-order valence-electron chi connectivity index (χ1n) is 35.1. The van der Waals surface area contributed by atoms with Crippen LogP contribution in [-0.2, 0) is 65.4 Å². The van der Waals surface area contributed by atoms with E-state index in [2.05, 4.69) is 34.6 Å². The van der Waals surface area contributed by atoms with Gasteiger partial charge in [-0.3, -0.25) is 37.3 Å². The fourth-order valence-electron chi connectivity index (χ4n) is 10.1. The Morgan fingerprint density at radius 3 is 0.791 bits per heavy atom. The summed E-state index contributed by atoms with van der Waals surface area (Å²) >= 11 is 0. The van der Waals surface area contributed by atoms with Gasteiger partial charge >= 0.3 is 39.5 Å². The largest absolute Gasteiger partial charge is 0.472 e. The average Bonchev–Trinajstić information content (AvgIpc) is 3.66. The Morgan fingerprint density at radius 2 is 0.535 bits per heavy atom. The summed E-state index contributed by atoms with van der Waals surface area (Å²) in [4.78, 5) is 72.3. The van der Waals surface area contributed by atoms with Crippen LogP contribution in [0.25, 0.3) is 0 Å². The van der Waals surface area contributed by atoms with Gasteiger partial charge in [0.25, 0.3) is 0 Å². The highest BCUT2D eigenvalue weighted by Gasteiger charge is 2.30. The molecule has 0 amide bonds. The number of ether oxygens (including phenoxy) is 4. The highest BCUT2D eigenvalue weighted by molar-refractivity contribution is 7.47. The maximum atomic E-state index is 13.0. The number of unbranched alkanes of at least 4 members (excludes halogenated alkanes) is 39. The quantitative estimate of drug-likeness (QED) is 0.0222. The van der Waals surface area contributed by atoms with Crippen molar-refractivity contribution in [3.05, 3.63) is 0 Å². The Hall–Kier alpha value is -1.94. The van der Waals surface area contributed by atoms with Crippen LogP contribution in [-0.4, -0.2) is 96.7 Å². The Morgan fingerprint density at radius 1 is 0.314 bits per heavy atom. The number of carbonyl (C=O) groups is 4. The zero-order chi connectivity index (χ0) is 63.5. The smallest absolute Gasteiger partial charge is 0.462 e. The summed E-state index contributed by atoms with van der Waals surface area (Å²) in [5.41, 5.74) is 0. The molecule has 86 heavy (non-hydrogen) atoms. The maximum Gasteiger partial charge on any atom is 0.472 e. The lowest BCUT2D eigenvalue weighted by molar-refractivity contribution is -0.161. The average molecular weight is 1270 g/mol. The molecule has 0 aromatic heterocycles. The van der Waals surface area contributed by atoms with Crippen LogP contribution in [0, 0.1) is 5.92 Å². The summed E-state index contributed by atoms with van der Waals surface area (Å²) in [6.45, 7) is 7.11. The lowest BCUT2D eigenvalue weighted by atomic mass is 10.0. The predicted octanol–water partition coefficient (Wildman–Crippen LogP) is 19.0. The zero-order valence-electron chi connectivity index (χ0n) is 55.4. The highest BCUT2D eigenvalue weighted by Crippen LogP contribution is 2.45. The number of aliphatic hydroxyl groups is 1. The molecular weight excluding hydrogens is 1140 g/mol. The summed E-state index contributed by atoms with van der Waals surface area (Å²) in [6.07, 6.45) is 46.0. The molecule has 19 heteroatoms. The van der Waals surface area contributed by atoms with Gasteiger partial charge in [0.2, 0.25) is 0 Å². The van der Waals surface area contributed by atoms with E-state index in [0.29, 0.717) is 31.6 Å². The van der Waals surface area contributed by atoms with Gasteiger partial charge in [0.15, 0.2) is 12.2 Å². The van der Waals surface area contributed by atoms with Crippen LogP contribution in [0.15, 0.2) is 0 Å². The fourth-order valence-corrected chi connectivity index (χ4v) is 11.7. The standard InChI is InChI=1S/C67H130O17P2/c1-6-9-12-15-18-21-23-24-25-26-27-28-30-33-36-42-47-52-66(71)83-62(56-78-65(70)51-46-41-35-32-29-22-19-16-13-10-7-2)58-81-85(73,74)79-54-61(68)55-80-86(75,76)82-59-63(84-67(72)53-48-43-38-37-39-44-49-60(4)5)57-77-64(69)50-45-40-34-31-20-17-14-11-8-3/h60-63,68H,6-59H2,1-5H3,(H,73,74)(H,75,76)/t61-,62-,63-/m1/s1. The second kappa shape index (κ2) is 60.6. The Kier molecular flexibility index (Phi) is 59.2. The van der Waals surface area contributed by atoms with E-state index in [1.54, 1.807) is 0 Å². The molecule has 0 aliphatic rings. The van der Waals surface area contributed by atoms with E-state index in [4.69, 9.17) is 37.0 Å². The molecule has 0 bridgehead atoms. The minimum absolute atomic E-state index is 0.102. The number of hydrogen-bond acceptors (Lipinski definition) is 15. The highest BCUT2D eigenvalue weighted by atomic mass is 31.2. The summed E-state index contributed by atoms with van der Waals surface area (Å²) in [7, 11) is -9.89. The van der Waals surface area contributed by atoms with Gasteiger partial charge in [-0.05, 0) is 31.6 Å². The van der Waals surface area contributed by atoms with Crippen molar-refractivity contribution in [2.75, 3.05) is 39.6 Å². The molecule has 0 aromatic carbocycles. The summed E-state index contributed by atoms with van der Waals surface area (Å²) in [5, 5.41) is 10.5. The third-order valence-electron chi connectivity index (χ3n) is 15.5. The third kappa shape index (κ3) is 60.9. The number of esters is 4. The normalized spacial score (nSPS) is 14.2. The van der Waals surface area contributed by atoms with E-state index in [1.165, 1.54) is 167 Å². The van der Waals surface area contributed by atoms with E-state index in [1.807, 2.05) is 0 Å². The van der Waals surface area contributed by atoms with E-state index in [-0.39, 0.29) is 25.7 Å². The topological polar surface area (TPSA) is 237 Å². The van der Waals surface area contributed by atoms with Crippen molar-refractivity contribution in [3.63, 3.8) is 0 Å². The molecule has 0 saturated heterocycles. The number of carbonyl (C=O) groups excluding carboxylic acids is 4. The number of aliphatic hydroxyl groups excluding tert-OH is 1. The number of phosphoric acid groups is 2. The van der Waals surface area contributed by atoms with Crippen molar-refractivity contribution in [1.82, 2.24) is 0 Å². The van der Waals surface area contributed by atoms with Gasteiger partial charge in [-0.15, -0.1) is 0 Å². The first kappa shape index (κ1) is 84.1. The number of rotatable bonds is 67. The Bertz CT molecular complexity index is 1670. The molecule has 2 unspecified atom stereocenters. The molecule has 5 atom stereocenters. The van der Waals surface area contributed by atoms with Crippen LogP contribution in [0.2, 0.25) is 0 Å².